The molecule has 0 atom stereocenters. The minimum absolute atomic E-state index is 0.147. The molecule has 0 bridgehead atoms. The highest BCUT2D eigenvalue weighted by atomic mass is 16.5. The summed E-state index contributed by atoms with van der Waals surface area (Å²) in [6.07, 6.45) is 0. The number of aromatic hydroxyl groups is 1. The van der Waals surface area contributed by atoms with Crippen molar-refractivity contribution in [1.82, 2.24) is 9.72 Å². The summed E-state index contributed by atoms with van der Waals surface area (Å²) in [6, 6.07) is 8.89. The molecular weight excluding hydrogens is 324 g/mol. The second-order valence-corrected chi connectivity index (χ2v) is 5.88. The molecule has 7 heteroatoms. The third-order valence-electron chi connectivity index (χ3n) is 4.11. The van der Waals surface area contributed by atoms with Crippen molar-refractivity contribution in [2.75, 3.05) is 0 Å². The van der Waals surface area contributed by atoms with Crippen LogP contribution in [0.15, 0.2) is 44.4 Å². The Morgan fingerprint density at radius 2 is 1.80 bits per heavy atom. The number of benzene rings is 2. The summed E-state index contributed by atoms with van der Waals surface area (Å²) in [5, 5.41) is 9.96. The summed E-state index contributed by atoms with van der Waals surface area (Å²) in [5.41, 5.74) is 2.60. The van der Waals surface area contributed by atoms with Crippen molar-refractivity contribution in [1.29, 1.82) is 0 Å². The molecule has 1 aromatic heterocycles. The van der Waals surface area contributed by atoms with E-state index < -0.39 is 11.4 Å². The molecule has 25 heavy (non-hydrogen) atoms. The second kappa shape index (κ2) is 6.35. The molecule has 2 N–H and O–H groups in total. The summed E-state index contributed by atoms with van der Waals surface area (Å²) < 4.78 is 11.6. The number of hydrogen-bond acceptors (Lipinski definition) is 5. The third kappa shape index (κ3) is 3.35. The molecular formula is C18H18N2O5. The zero-order valence-corrected chi connectivity index (χ0v) is 14.1. The number of aromatic amines is 1. The van der Waals surface area contributed by atoms with Gasteiger partial charge in [0.1, 0.15) is 17.2 Å². The van der Waals surface area contributed by atoms with Gasteiger partial charge >= 0.3 is 11.4 Å². The lowest BCUT2D eigenvalue weighted by molar-refractivity contribution is 0.258. The Kier molecular flexibility index (Phi) is 4.22. The first-order chi connectivity index (χ1) is 11.8. The average Bonchev–Trinajstić information content (AvgIpc) is 2.89. The van der Waals surface area contributed by atoms with Crippen LogP contribution in [0.3, 0.4) is 0 Å². The Morgan fingerprint density at radius 1 is 1.12 bits per heavy atom. The van der Waals surface area contributed by atoms with E-state index in [0.29, 0.717) is 11.5 Å². The number of nitrogens with one attached hydrogen (secondary N) is 1. The van der Waals surface area contributed by atoms with Crippen LogP contribution in [0.1, 0.15) is 22.3 Å². The Labute approximate surface area is 143 Å². The number of aromatic nitrogens is 2. The van der Waals surface area contributed by atoms with Crippen LogP contribution < -0.4 is 16.2 Å². The topological polar surface area (TPSA) is 97.5 Å². The van der Waals surface area contributed by atoms with Gasteiger partial charge in [-0.25, -0.2) is 14.6 Å². The fourth-order valence-corrected chi connectivity index (χ4v) is 2.51. The van der Waals surface area contributed by atoms with E-state index in [2.05, 4.69) is 0 Å². The minimum atomic E-state index is -0.779. The van der Waals surface area contributed by atoms with Crippen LogP contribution in [0, 0.1) is 20.8 Å². The van der Waals surface area contributed by atoms with Crippen LogP contribution in [-0.2, 0) is 6.54 Å². The van der Waals surface area contributed by atoms with E-state index in [1.165, 1.54) is 0 Å². The number of hydrogen-bond donors (Lipinski definition) is 2. The molecule has 7 nitrogen and oxygen atoms in total. The predicted octanol–water partition coefficient (Wildman–Crippen LogP) is 2.60. The van der Waals surface area contributed by atoms with Crippen molar-refractivity contribution in [2.45, 2.75) is 27.3 Å². The Bertz CT molecular complexity index is 1030. The Hall–Kier alpha value is -3.22. The van der Waals surface area contributed by atoms with Gasteiger partial charge in [0.25, 0.3) is 0 Å². The highest BCUT2D eigenvalue weighted by Gasteiger charge is 2.11. The lowest BCUT2D eigenvalue weighted by atomic mass is 10.0. The lowest BCUT2D eigenvalue weighted by Crippen LogP contribution is -2.17. The normalized spacial score (nSPS) is 10.8. The quantitative estimate of drug-likeness (QED) is 0.759. The molecule has 130 valence electrons. The fourth-order valence-electron chi connectivity index (χ4n) is 2.51. The number of rotatable bonds is 4. The first-order valence-corrected chi connectivity index (χ1v) is 7.72. The maximum atomic E-state index is 11.4. The number of H-pyrrole nitrogens is 1. The molecule has 0 aliphatic carbocycles. The van der Waals surface area contributed by atoms with Gasteiger partial charge in [-0.05, 0) is 61.2 Å². The smallest absolute Gasteiger partial charge is 0.440 e. The molecule has 3 rings (SSSR count). The van der Waals surface area contributed by atoms with Crippen LogP contribution in [0.5, 0.6) is 17.2 Å². The molecule has 0 amide bonds. The first-order valence-electron chi connectivity index (χ1n) is 7.72. The summed E-state index contributed by atoms with van der Waals surface area (Å²) in [7, 11) is 0. The van der Waals surface area contributed by atoms with Crippen LogP contribution in [0.2, 0.25) is 0 Å². The molecule has 0 unspecified atom stereocenters. The zero-order chi connectivity index (χ0) is 18.1. The molecule has 3 aromatic rings. The standard InChI is InChI=1S/C18H18N2O5/c1-10-8-15(11(2)12(3)16(10)21)24-14-6-4-13(5-7-14)9-20-17(22)19-18(23)25-20/h4-8,21H,9H2,1-3H3,(H,19,22,23). The molecule has 0 saturated carbocycles. The average molecular weight is 342 g/mol. The molecule has 1 heterocycles. The van der Waals surface area contributed by atoms with Crippen molar-refractivity contribution in [3.63, 3.8) is 0 Å². The third-order valence-corrected chi connectivity index (χ3v) is 4.11. The highest BCUT2D eigenvalue weighted by Crippen LogP contribution is 2.34. The van der Waals surface area contributed by atoms with E-state index in [1.807, 2.05) is 25.8 Å². The van der Waals surface area contributed by atoms with Crippen LogP contribution >= 0.6 is 0 Å². The Morgan fingerprint density at radius 3 is 2.40 bits per heavy atom. The number of ether oxygens (including phenoxy) is 1. The SMILES string of the molecule is Cc1cc(Oc2ccc(Cn3oc(=O)[nH]c3=O)cc2)c(C)c(C)c1O. The molecule has 0 spiro atoms. The van der Waals surface area contributed by atoms with Gasteiger partial charge < -0.3 is 14.4 Å². The van der Waals surface area contributed by atoms with E-state index in [1.54, 1.807) is 30.3 Å². The monoisotopic (exact) mass is 342 g/mol. The first kappa shape index (κ1) is 16.6. The van der Waals surface area contributed by atoms with Gasteiger partial charge in [-0.3, -0.25) is 0 Å². The van der Waals surface area contributed by atoms with Crippen molar-refractivity contribution in [2.24, 2.45) is 0 Å². The molecule has 0 fully saturated rings. The molecule has 2 aromatic carbocycles. The molecule has 0 aliphatic rings. The van der Waals surface area contributed by atoms with E-state index in [0.717, 1.165) is 27.0 Å². The van der Waals surface area contributed by atoms with Crippen molar-refractivity contribution in [3.8, 4) is 17.2 Å². The second-order valence-electron chi connectivity index (χ2n) is 5.88. The Balaban J connectivity index is 1.81. The number of nitrogens with zero attached hydrogens (tertiary/aromatic N) is 1. The molecule has 0 aliphatic heterocycles. The number of phenols is 1. The minimum Gasteiger partial charge on any atom is -0.507 e. The van der Waals surface area contributed by atoms with Gasteiger partial charge in [0, 0.05) is 0 Å². The largest absolute Gasteiger partial charge is 0.507 e. The molecule has 0 saturated heterocycles. The van der Waals surface area contributed by atoms with Crippen LogP contribution in [-0.4, -0.2) is 14.8 Å². The van der Waals surface area contributed by atoms with Gasteiger partial charge in [0.2, 0.25) is 0 Å². The van der Waals surface area contributed by atoms with Gasteiger partial charge in [0.05, 0.1) is 6.54 Å². The highest BCUT2D eigenvalue weighted by molar-refractivity contribution is 5.52. The summed E-state index contributed by atoms with van der Waals surface area (Å²) in [5.74, 6) is 0.796. The van der Waals surface area contributed by atoms with Crippen molar-refractivity contribution < 1.29 is 14.4 Å². The maximum Gasteiger partial charge on any atom is 0.440 e. The summed E-state index contributed by atoms with van der Waals surface area (Å²) in [4.78, 5) is 24.5. The maximum absolute atomic E-state index is 11.4. The van der Waals surface area contributed by atoms with E-state index in [9.17, 15) is 14.7 Å². The summed E-state index contributed by atoms with van der Waals surface area (Å²) in [6.45, 7) is 5.70. The van der Waals surface area contributed by atoms with Crippen LogP contribution in [0.25, 0.3) is 0 Å². The predicted molar refractivity (Wildman–Crippen MR) is 91.5 cm³/mol. The fraction of sp³-hybridized carbons (Fsp3) is 0.222. The number of aryl methyl sites for hydroxylation is 1. The van der Waals surface area contributed by atoms with E-state index in [4.69, 9.17) is 9.26 Å². The van der Waals surface area contributed by atoms with E-state index >= 15 is 0 Å². The lowest BCUT2D eigenvalue weighted by Gasteiger charge is -2.14. The van der Waals surface area contributed by atoms with Crippen molar-refractivity contribution >= 4 is 0 Å². The number of phenolic OH excluding ortho intramolecular Hbond substituents is 1. The zero-order valence-electron chi connectivity index (χ0n) is 14.1. The van der Waals surface area contributed by atoms with Crippen LogP contribution in [0.4, 0.5) is 0 Å². The van der Waals surface area contributed by atoms with E-state index in [-0.39, 0.29) is 12.3 Å². The van der Waals surface area contributed by atoms with Gasteiger partial charge in [-0.1, -0.05) is 12.1 Å². The van der Waals surface area contributed by atoms with Gasteiger partial charge in [-0.2, -0.15) is 0 Å². The van der Waals surface area contributed by atoms with Crippen molar-refractivity contribution in [3.05, 3.63) is 73.6 Å². The molecule has 0 radical (unpaired) electrons. The van der Waals surface area contributed by atoms with Gasteiger partial charge in [-0.15, -0.1) is 4.74 Å². The van der Waals surface area contributed by atoms with Gasteiger partial charge in [0.15, 0.2) is 0 Å². The summed E-state index contributed by atoms with van der Waals surface area (Å²) >= 11 is 0.